The smallest absolute Gasteiger partial charge is 0.241 e. The number of rotatable bonds is 12. The number of aliphatic hydroxyl groups excluding tert-OH is 1. The van der Waals surface area contributed by atoms with E-state index in [-0.39, 0.29) is 29.9 Å². The summed E-state index contributed by atoms with van der Waals surface area (Å²) in [6.07, 6.45) is 2.13. The zero-order chi connectivity index (χ0) is 22.0. The highest BCUT2D eigenvalue weighted by Gasteiger charge is 2.29. The molecule has 1 amide bonds. The summed E-state index contributed by atoms with van der Waals surface area (Å²) < 4.78 is 40.7. The van der Waals surface area contributed by atoms with Crippen LogP contribution in [0, 0.1) is 17.7 Å². The van der Waals surface area contributed by atoms with Crippen molar-refractivity contribution in [2.75, 3.05) is 13.2 Å². The van der Waals surface area contributed by atoms with Gasteiger partial charge in [-0.05, 0) is 42.5 Å². The Bertz CT molecular complexity index is 767. The van der Waals surface area contributed by atoms with E-state index in [0.29, 0.717) is 6.42 Å². The summed E-state index contributed by atoms with van der Waals surface area (Å²) >= 11 is 0. The van der Waals surface area contributed by atoms with Gasteiger partial charge in [0.15, 0.2) is 0 Å². The van der Waals surface area contributed by atoms with Crippen LogP contribution in [-0.4, -0.2) is 50.9 Å². The van der Waals surface area contributed by atoms with Crippen LogP contribution in [0.25, 0.3) is 0 Å². The van der Waals surface area contributed by atoms with Crippen molar-refractivity contribution < 1.29 is 22.7 Å². The number of carbonyl (C=O) groups is 1. The molecule has 0 aliphatic carbocycles. The Morgan fingerprint density at radius 2 is 1.83 bits per heavy atom. The lowest BCUT2D eigenvalue weighted by Crippen LogP contribution is -2.52. The van der Waals surface area contributed by atoms with Gasteiger partial charge in [-0.3, -0.25) is 4.79 Å². The van der Waals surface area contributed by atoms with Gasteiger partial charge in [0, 0.05) is 6.21 Å². The first-order chi connectivity index (χ1) is 13.6. The first kappa shape index (κ1) is 25.0. The van der Waals surface area contributed by atoms with Gasteiger partial charge in [-0.2, -0.15) is 9.82 Å². The molecule has 0 saturated heterocycles. The Balaban J connectivity index is 2.93. The van der Waals surface area contributed by atoms with Gasteiger partial charge in [0.05, 0.1) is 24.1 Å². The third-order valence-electron chi connectivity index (χ3n) is 3.98. The Morgan fingerprint density at radius 1 is 1.21 bits per heavy atom. The molecule has 2 atom stereocenters. The fourth-order valence-electron chi connectivity index (χ4n) is 2.54. The van der Waals surface area contributed by atoms with Gasteiger partial charge in [-0.15, -0.1) is 0 Å². The van der Waals surface area contributed by atoms with E-state index in [0.717, 1.165) is 24.3 Å². The Kier molecular flexibility index (Phi) is 10.2. The van der Waals surface area contributed by atoms with E-state index in [1.54, 1.807) is 13.8 Å². The number of aliphatic hydroxyl groups is 1. The lowest BCUT2D eigenvalue weighted by Gasteiger charge is -2.24. The number of amides is 1. The highest BCUT2D eigenvalue weighted by Crippen LogP contribution is 2.13. The van der Waals surface area contributed by atoms with Crippen molar-refractivity contribution in [2.24, 2.45) is 16.9 Å². The predicted molar refractivity (Wildman–Crippen MR) is 110 cm³/mol. The summed E-state index contributed by atoms with van der Waals surface area (Å²) in [5.74, 6) is -1.09. The van der Waals surface area contributed by atoms with Crippen molar-refractivity contribution in [3.8, 4) is 0 Å². The van der Waals surface area contributed by atoms with Crippen molar-refractivity contribution in [3.05, 3.63) is 30.1 Å². The Morgan fingerprint density at radius 3 is 2.34 bits per heavy atom. The lowest BCUT2D eigenvalue weighted by molar-refractivity contribution is -0.124. The van der Waals surface area contributed by atoms with Gasteiger partial charge >= 0.3 is 0 Å². The molecule has 8 nitrogen and oxygen atoms in total. The quantitative estimate of drug-likeness (QED) is 0.226. The molecule has 0 spiro atoms. The van der Waals surface area contributed by atoms with Crippen molar-refractivity contribution in [1.29, 1.82) is 0 Å². The molecular formula is C19H31FN4O4S. The van der Waals surface area contributed by atoms with Gasteiger partial charge in [-0.1, -0.05) is 27.7 Å². The van der Waals surface area contributed by atoms with Gasteiger partial charge in [0.2, 0.25) is 15.9 Å². The van der Waals surface area contributed by atoms with E-state index in [1.165, 1.54) is 6.21 Å². The van der Waals surface area contributed by atoms with E-state index in [1.807, 2.05) is 13.8 Å². The maximum absolute atomic E-state index is 13.1. The van der Waals surface area contributed by atoms with Crippen LogP contribution in [0.5, 0.6) is 0 Å². The van der Waals surface area contributed by atoms with Crippen LogP contribution in [0.2, 0.25) is 0 Å². The molecule has 0 saturated carbocycles. The number of halogens is 1. The molecule has 0 aromatic heterocycles. The van der Waals surface area contributed by atoms with E-state index >= 15 is 0 Å². The van der Waals surface area contributed by atoms with Crippen LogP contribution in [0.1, 0.15) is 34.1 Å². The molecule has 1 aromatic carbocycles. The summed E-state index contributed by atoms with van der Waals surface area (Å²) in [6.45, 7) is 7.65. The molecule has 10 heteroatoms. The third kappa shape index (κ3) is 8.88. The standard InChI is InChI=1S/C19H31FN4O4S/c1-13(2)11-16(12-22-21-9-10-25)23-19(26)18(14(3)4)24-29(27,28)17-7-5-15(20)6-8-17/h5-8,12-14,16,18,21,24-25H,9-11H2,1-4H3,(H,23,26)/b22-12+/t16-,18-/m0/s1. The third-order valence-corrected chi connectivity index (χ3v) is 5.43. The molecule has 0 bridgehead atoms. The molecular weight excluding hydrogens is 399 g/mol. The van der Waals surface area contributed by atoms with E-state index < -0.39 is 33.8 Å². The molecule has 1 aromatic rings. The summed E-state index contributed by atoms with van der Waals surface area (Å²) in [5, 5.41) is 15.6. The topological polar surface area (TPSA) is 120 Å². The molecule has 0 unspecified atom stereocenters. The number of hydrazone groups is 1. The number of hydrogen-bond donors (Lipinski definition) is 4. The van der Waals surface area contributed by atoms with Crippen LogP contribution in [-0.2, 0) is 14.8 Å². The fraction of sp³-hybridized carbons (Fsp3) is 0.579. The van der Waals surface area contributed by atoms with Crippen LogP contribution >= 0.6 is 0 Å². The van der Waals surface area contributed by atoms with Gasteiger partial charge in [0.25, 0.3) is 0 Å². The minimum absolute atomic E-state index is 0.0703. The fourth-order valence-corrected chi connectivity index (χ4v) is 3.88. The van der Waals surface area contributed by atoms with Crippen molar-refractivity contribution in [1.82, 2.24) is 15.5 Å². The Labute approximate surface area is 172 Å². The lowest BCUT2D eigenvalue weighted by atomic mass is 10.0. The maximum atomic E-state index is 13.1. The number of hydrogen-bond acceptors (Lipinski definition) is 6. The summed E-state index contributed by atoms with van der Waals surface area (Å²) in [5.41, 5.74) is 2.65. The minimum atomic E-state index is -4.00. The molecule has 29 heavy (non-hydrogen) atoms. The van der Waals surface area contributed by atoms with Crippen LogP contribution in [0.4, 0.5) is 4.39 Å². The second-order valence-corrected chi connectivity index (χ2v) is 9.17. The molecule has 0 heterocycles. The van der Waals surface area contributed by atoms with Crippen LogP contribution in [0.3, 0.4) is 0 Å². The van der Waals surface area contributed by atoms with Crippen LogP contribution < -0.4 is 15.5 Å². The summed E-state index contributed by atoms with van der Waals surface area (Å²) in [7, 11) is -4.00. The average Bonchev–Trinajstić information content (AvgIpc) is 2.62. The van der Waals surface area contributed by atoms with E-state index in [2.05, 4.69) is 20.6 Å². The van der Waals surface area contributed by atoms with Crippen molar-refractivity contribution in [2.45, 2.75) is 51.1 Å². The van der Waals surface area contributed by atoms with Crippen LogP contribution in [0.15, 0.2) is 34.3 Å². The van der Waals surface area contributed by atoms with Gasteiger partial charge < -0.3 is 15.8 Å². The van der Waals surface area contributed by atoms with Crippen molar-refractivity contribution >= 4 is 22.1 Å². The van der Waals surface area contributed by atoms with E-state index in [4.69, 9.17) is 5.11 Å². The molecule has 0 aliphatic heterocycles. The highest BCUT2D eigenvalue weighted by atomic mass is 32.2. The Hall–Kier alpha value is -2.04. The highest BCUT2D eigenvalue weighted by molar-refractivity contribution is 7.89. The molecule has 0 aliphatic rings. The number of sulfonamides is 1. The largest absolute Gasteiger partial charge is 0.394 e. The number of nitrogens with one attached hydrogen (secondary N) is 3. The second-order valence-electron chi connectivity index (χ2n) is 7.45. The molecule has 0 radical (unpaired) electrons. The number of nitrogens with zero attached hydrogens (tertiary/aromatic N) is 1. The molecule has 1 rings (SSSR count). The number of carbonyl (C=O) groups excluding carboxylic acids is 1. The molecule has 164 valence electrons. The first-order valence-corrected chi connectivity index (χ1v) is 11.0. The SMILES string of the molecule is CC(C)C[C@@H](/C=N/NCCO)NC(=O)[C@@H](NS(=O)(=O)c1ccc(F)cc1)C(C)C. The molecule has 4 N–H and O–H groups in total. The molecule has 0 fully saturated rings. The zero-order valence-electron chi connectivity index (χ0n) is 17.2. The van der Waals surface area contributed by atoms with Gasteiger partial charge in [-0.25, -0.2) is 12.8 Å². The number of benzene rings is 1. The summed E-state index contributed by atoms with van der Waals surface area (Å²) in [6, 6.07) is 2.96. The summed E-state index contributed by atoms with van der Waals surface area (Å²) in [4.78, 5) is 12.7. The van der Waals surface area contributed by atoms with E-state index in [9.17, 15) is 17.6 Å². The zero-order valence-corrected chi connectivity index (χ0v) is 18.0. The first-order valence-electron chi connectivity index (χ1n) is 9.52. The monoisotopic (exact) mass is 430 g/mol. The minimum Gasteiger partial charge on any atom is -0.394 e. The predicted octanol–water partition coefficient (Wildman–Crippen LogP) is 1.23. The average molecular weight is 431 g/mol. The second kappa shape index (κ2) is 11.8. The van der Waals surface area contributed by atoms with Crippen molar-refractivity contribution in [3.63, 3.8) is 0 Å². The normalized spacial score (nSPS) is 14.3. The van der Waals surface area contributed by atoms with Gasteiger partial charge in [0.1, 0.15) is 11.9 Å². The maximum Gasteiger partial charge on any atom is 0.241 e.